The topological polar surface area (TPSA) is 65.4 Å². The summed E-state index contributed by atoms with van der Waals surface area (Å²) in [7, 11) is 0. The average Bonchev–Trinajstić information content (AvgIpc) is 2.32. The monoisotopic (exact) mass is 322 g/mol. The molecule has 1 heterocycles. The Morgan fingerprint density at radius 3 is 2.37 bits per heavy atom. The van der Waals surface area contributed by atoms with Crippen molar-refractivity contribution in [2.75, 3.05) is 5.32 Å². The van der Waals surface area contributed by atoms with Crippen molar-refractivity contribution in [3.05, 3.63) is 46.2 Å². The predicted octanol–water partition coefficient (Wildman–Crippen LogP) is 3.74. The molecule has 4 nitrogen and oxygen atoms in total. The molecule has 0 saturated carbocycles. The van der Waals surface area contributed by atoms with Crippen LogP contribution in [0.3, 0.4) is 0 Å². The van der Waals surface area contributed by atoms with Crippen LogP contribution in [0.4, 0.5) is 5.69 Å². The molecule has 2 aromatic rings. The lowest BCUT2D eigenvalue weighted by molar-refractivity contribution is 0.434. The normalized spacial score (nSPS) is 12.2. The highest BCUT2D eigenvalue weighted by atomic mass is 79.9. The summed E-state index contributed by atoms with van der Waals surface area (Å²) in [6, 6.07) is 8.22. The fraction of sp³-hybridized carbons (Fsp3) is 0.214. The van der Waals surface area contributed by atoms with E-state index in [0.29, 0.717) is 5.56 Å². The van der Waals surface area contributed by atoms with Crippen LogP contribution in [-0.4, -0.2) is 15.2 Å². The Morgan fingerprint density at radius 1 is 1.16 bits per heavy atom. The van der Waals surface area contributed by atoms with Crippen LogP contribution in [0.15, 0.2) is 34.9 Å². The Bertz CT molecular complexity index is 582. The molecular formula is C14H15BrN2O2. The SMILES string of the molecule is Cc1nc(Br)ccc1NC(C)c1c(O)cccc1O. The lowest BCUT2D eigenvalue weighted by Gasteiger charge is -2.19. The number of aryl methyl sites for hydroxylation is 1. The maximum Gasteiger partial charge on any atom is 0.124 e. The van der Waals surface area contributed by atoms with E-state index in [0.717, 1.165) is 16.0 Å². The predicted molar refractivity (Wildman–Crippen MR) is 78.5 cm³/mol. The van der Waals surface area contributed by atoms with Gasteiger partial charge >= 0.3 is 0 Å². The van der Waals surface area contributed by atoms with E-state index in [1.807, 2.05) is 26.0 Å². The molecule has 1 aromatic carbocycles. The Morgan fingerprint density at radius 2 is 1.79 bits per heavy atom. The number of aromatic hydroxyl groups is 2. The van der Waals surface area contributed by atoms with Gasteiger partial charge in [0.15, 0.2) is 0 Å². The largest absolute Gasteiger partial charge is 0.507 e. The van der Waals surface area contributed by atoms with E-state index in [2.05, 4.69) is 26.2 Å². The lowest BCUT2D eigenvalue weighted by atomic mass is 10.1. The third-order valence-electron chi connectivity index (χ3n) is 2.92. The van der Waals surface area contributed by atoms with Crippen molar-refractivity contribution in [3.8, 4) is 11.5 Å². The number of hydrogen-bond donors (Lipinski definition) is 3. The lowest BCUT2D eigenvalue weighted by Crippen LogP contribution is -2.08. The van der Waals surface area contributed by atoms with Gasteiger partial charge in [-0.2, -0.15) is 0 Å². The Balaban J connectivity index is 2.28. The van der Waals surface area contributed by atoms with Crippen LogP contribution < -0.4 is 5.32 Å². The smallest absolute Gasteiger partial charge is 0.124 e. The van der Waals surface area contributed by atoms with Gasteiger partial charge in [0.2, 0.25) is 0 Å². The molecule has 0 aliphatic carbocycles. The molecule has 0 aliphatic heterocycles. The van der Waals surface area contributed by atoms with E-state index in [4.69, 9.17) is 0 Å². The second-order valence-corrected chi connectivity index (χ2v) is 5.16. The van der Waals surface area contributed by atoms with Crippen molar-refractivity contribution in [2.45, 2.75) is 19.9 Å². The molecule has 0 saturated heterocycles. The number of hydrogen-bond acceptors (Lipinski definition) is 4. The number of rotatable bonds is 3. The first-order chi connectivity index (χ1) is 8.99. The summed E-state index contributed by atoms with van der Waals surface area (Å²) in [5.41, 5.74) is 2.18. The van der Waals surface area contributed by atoms with E-state index in [9.17, 15) is 10.2 Å². The van der Waals surface area contributed by atoms with Crippen LogP contribution in [0.1, 0.15) is 24.2 Å². The molecule has 0 amide bonds. The molecule has 0 fully saturated rings. The number of phenols is 2. The zero-order chi connectivity index (χ0) is 14.0. The van der Waals surface area contributed by atoms with Crippen LogP contribution in [0.5, 0.6) is 11.5 Å². The zero-order valence-electron chi connectivity index (χ0n) is 10.7. The number of aromatic nitrogens is 1. The molecular weight excluding hydrogens is 308 g/mol. The van der Waals surface area contributed by atoms with E-state index >= 15 is 0 Å². The summed E-state index contributed by atoms with van der Waals surface area (Å²) in [5.74, 6) is 0.144. The fourth-order valence-electron chi connectivity index (χ4n) is 1.97. The van der Waals surface area contributed by atoms with Gasteiger partial charge < -0.3 is 15.5 Å². The number of halogens is 1. The first-order valence-electron chi connectivity index (χ1n) is 5.89. The Labute approximate surface area is 120 Å². The number of nitrogens with zero attached hydrogens (tertiary/aromatic N) is 1. The fourth-order valence-corrected chi connectivity index (χ4v) is 2.37. The Kier molecular flexibility index (Phi) is 3.95. The van der Waals surface area contributed by atoms with Gasteiger partial charge in [-0.1, -0.05) is 6.07 Å². The number of nitrogens with one attached hydrogen (secondary N) is 1. The summed E-state index contributed by atoms with van der Waals surface area (Å²) in [4.78, 5) is 4.29. The molecule has 0 radical (unpaired) electrons. The van der Waals surface area contributed by atoms with E-state index < -0.39 is 0 Å². The summed E-state index contributed by atoms with van der Waals surface area (Å²) >= 11 is 3.31. The molecule has 3 N–H and O–H groups in total. The molecule has 0 spiro atoms. The minimum atomic E-state index is -0.233. The highest BCUT2D eigenvalue weighted by Gasteiger charge is 2.15. The highest BCUT2D eigenvalue weighted by molar-refractivity contribution is 9.10. The van der Waals surface area contributed by atoms with E-state index in [1.165, 1.54) is 0 Å². The van der Waals surface area contributed by atoms with Crippen LogP contribution in [0.25, 0.3) is 0 Å². The standard InChI is InChI=1S/C14H15BrN2O2/c1-8-10(6-7-13(15)17-8)16-9(2)14-11(18)4-3-5-12(14)19/h3-7,9,16,18-19H,1-2H3. The second kappa shape index (κ2) is 5.48. The minimum absolute atomic E-state index is 0.0720. The van der Waals surface area contributed by atoms with Gasteiger partial charge in [0.1, 0.15) is 16.1 Å². The van der Waals surface area contributed by atoms with Crippen LogP contribution in [0.2, 0.25) is 0 Å². The first-order valence-corrected chi connectivity index (χ1v) is 6.69. The summed E-state index contributed by atoms with van der Waals surface area (Å²) < 4.78 is 0.772. The number of phenolic OH excluding ortho intramolecular Hbond substituents is 2. The van der Waals surface area contributed by atoms with Gasteiger partial charge in [0.05, 0.1) is 23.0 Å². The van der Waals surface area contributed by atoms with Crippen LogP contribution in [0, 0.1) is 6.92 Å². The molecule has 1 atom stereocenters. The summed E-state index contributed by atoms with van der Waals surface area (Å²) in [5, 5.41) is 22.9. The molecule has 2 rings (SSSR count). The zero-order valence-corrected chi connectivity index (χ0v) is 12.3. The molecule has 19 heavy (non-hydrogen) atoms. The van der Waals surface area contributed by atoms with Gasteiger partial charge in [-0.3, -0.25) is 0 Å². The first kappa shape index (κ1) is 13.7. The van der Waals surface area contributed by atoms with E-state index in [1.54, 1.807) is 18.2 Å². The quantitative estimate of drug-likeness (QED) is 0.753. The van der Waals surface area contributed by atoms with Crippen LogP contribution >= 0.6 is 15.9 Å². The molecule has 100 valence electrons. The average molecular weight is 323 g/mol. The molecule has 1 unspecified atom stereocenters. The van der Waals surface area contributed by atoms with Gasteiger partial charge in [-0.25, -0.2) is 4.98 Å². The minimum Gasteiger partial charge on any atom is -0.507 e. The number of anilines is 1. The highest BCUT2D eigenvalue weighted by Crippen LogP contribution is 2.34. The molecule has 0 bridgehead atoms. The van der Waals surface area contributed by atoms with Crippen molar-refractivity contribution in [1.29, 1.82) is 0 Å². The van der Waals surface area contributed by atoms with Crippen molar-refractivity contribution in [1.82, 2.24) is 4.98 Å². The summed E-state index contributed by atoms with van der Waals surface area (Å²) in [6.07, 6.45) is 0. The summed E-state index contributed by atoms with van der Waals surface area (Å²) in [6.45, 7) is 3.76. The Hall–Kier alpha value is -1.75. The van der Waals surface area contributed by atoms with Gasteiger partial charge in [-0.15, -0.1) is 0 Å². The van der Waals surface area contributed by atoms with Gasteiger partial charge in [-0.05, 0) is 54.0 Å². The third kappa shape index (κ3) is 2.98. The second-order valence-electron chi connectivity index (χ2n) is 4.34. The number of benzene rings is 1. The van der Waals surface area contributed by atoms with Gasteiger partial charge in [0.25, 0.3) is 0 Å². The maximum atomic E-state index is 9.83. The van der Waals surface area contributed by atoms with Crippen LogP contribution in [-0.2, 0) is 0 Å². The number of pyridine rings is 1. The van der Waals surface area contributed by atoms with Crippen molar-refractivity contribution < 1.29 is 10.2 Å². The van der Waals surface area contributed by atoms with Crippen molar-refractivity contribution in [2.24, 2.45) is 0 Å². The molecule has 1 aromatic heterocycles. The van der Waals surface area contributed by atoms with Gasteiger partial charge in [0, 0.05) is 0 Å². The molecule has 0 aliphatic rings. The maximum absolute atomic E-state index is 9.83. The third-order valence-corrected chi connectivity index (χ3v) is 3.36. The van der Waals surface area contributed by atoms with Crippen molar-refractivity contribution >= 4 is 21.6 Å². The van der Waals surface area contributed by atoms with Crippen molar-refractivity contribution in [3.63, 3.8) is 0 Å². The van der Waals surface area contributed by atoms with E-state index in [-0.39, 0.29) is 17.5 Å². The molecule has 5 heteroatoms.